The molecule has 0 aliphatic carbocycles. The van der Waals surface area contributed by atoms with Gasteiger partial charge in [-0.3, -0.25) is 4.79 Å². The topological polar surface area (TPSA) is 54.0 Å². The zero-order valence-electron chi connectivity index (χ0n) is 8.06. The van der Waals surface area contributed by atoms with Gasteiger partial charge in [0.2, 0.25) is 0 Å². The molecule has 2 heterocycles. The number of benzene rings is 1. The fourth-order valence-electron chi connectivity index (χ4n) is 1.60. The number of nitrogens with zero attached hydrogens (tertiary/aromatic N) is 1. The van der Waals surface area contributed by atoms with Gasteiger partial charge in [-0.2, -0.15) is 0 Å². The van der Waals surface area contributed by atoms with Crippen LogP contribution >= 0.6 is 23.6 Å². The van der Waals surface area contributed by atoms with Crippen molar-refractivity contribution in [3.63, 3.8) is 0 Å². The second kappa shape index (κ2) is 3.50. The van der Waals surface area contributed by atoms with Gasteiger partial charge in [0.15, 0.2) is 11.2 Å². The second-order valence-electron chi connectivity index (χ2n) is 3.42. The van der Waals surface area contributed by atoms with E-state index < -0.39 is 6.04 Å². The molecule has 1 saturated heterocycles. The summed E-state index contributed by atoms with van der Waals surface area (Å²) in [5, 5.41) is 6.58. The second-order valence-corrected chi connectivity index (χ2v) is 4.89. The van der Waals surface area contributed by atoms with Crippen LogP contribution in [0.3, 0.4) is 0 Å². The monoisotopic (exact) mass is 249 g/mol. The lowest BCUT2D eigenvalue weighted by Crippen LogP contribution is -2.21. The van der Waals surface area contributed by atoms with Crippen LogP contribution in [0.2, 0.25) is 0 Å². The Morgan fingerprint density at radius 2 is 2.19 bits per heavy atom. The van der Waals surface area contributed by atoms with Gasteiger partial charge >= 0.3 is 0 Å². The molecule has 3 rings (SSSR count). The van der Waals surface area contributed by atoms with E-state index in [4.69, 9.17) is 12.2 Å². The Morgan fingerprint density at radius 1 is 1.38 bits per heavy atom. The number of amides is 1. The van der Waals surface area contributed by atoms with Gasteiger partial charge in [0.05, 0.1) is 10.2 Å². The number of rotatable bonds is 1. The fraction of sp³-hybridized carbons (Fsp3) is 0.100. The maximum absolute atomic E-state index is 11.6. The molecular weight excluding hydrogens is 242 g/mol. The van der Waals surface area contributed by atoms with Crippen LogP contribution in [0, 0.1) is 0 Å². The Morgan fingerprint density at radius 3 is 2.88 bits per heavy atom. The fourth-order valence-corrected chi connectivity index (χ4v) is 2.84. The van der Waals surface area contributed by atoms with Gasteiger partial charge in [0, 0.05) is 0 Å². The van der Waals surface area contributed by atoms with E-state index in [9.17, 15) is 4.79 Å². The summed E-state index contributed by atoms with van der Waals surface area (Å²) in [6.07, 6.45) is 0. The van der Waals surface area contributed by atoms with Gasteiger partial charge in [-0.05, 0) is 24.4 Å². The van der Waals surface area contributed by atoms with E-state index in [-0.39, 0.29) is 5.91 Å². The predicted octanol–water partition coefficient (Wildman–Crippen LogP) is 1.34. The van der Waals surface area contributed by atoms with Gasteiger partial charge in [-0.25, -0.2) is 4.98 Å². The minimum absolute atomic E-state index is 0.135. The average molecular weight is 249 g/mol. The quantitative estimate of drug-likeness (QED) is 0.749. The molecule has 1 fully saturated rings. The molecule has 1 unspecified atom stereocenters. The molecule has 0 saturated carbocycles. The van der Waals surface area contributed by atoms with E-state index in [0.717, 1.165) is 15.2 Å². The standard InChI is InChI=1S/C10H7N3OS2/c14-8-7(12-10(15)13-8)9-11-5-3-1-2-4-6(5)16-9/h1-4,7H,(H2,12,13,14,15). The Kier molecular flexibility index (Phi) is 2.12. The zero-order valence-corrected chi connectivity index (χ0v) is 9.69. The highest BCUT2D eigenvalue weighted by atomic mass is 32.1. The van der Waals surface area contributed by atoms with Crippen LogP contribution in [-0.4, -0.2) is 16.0 Å². The molecule has 6 heteroatoms. The van der Waals surface area contributed by atoms with E-state index in [0.29, 0.717) is 5.11 Å². The van der Waals surface area contributed by atoms with Crippen LogP contribution in [0.25, 0.3) is 10.2 Å². The molecule has 2 aromatic rings. The molecule has 16 heavy (non-hydrogen) atoms. The number of hydrogen-bond donors (Lipinski definition) is 2. The van der Waals surface area contributed by atoms with Gasteiger partial charge in [-0.15, -0.1) is 11.3 Å². The summed E-state index contributed by atoms with van der Waals surface area (Å²) in [7, 11) is 0. The van der Waals surface area contributed by atoms with Crippen LogP contribution in [0.4, 0.5) is 0 Å². The molecule has 0 spiro atoms. The number of nitrogens with one attached hydrogen (secondary N) is 2. The van der Waals surface area contributed by atoms with Crippen molar-refractivity contribution in [3.05, 3.63) is 29.3 Å². The van der Waals surface area contributed by atoms with Gasteiger partial charge < -0.3 is 10.6 Å². The SMILES string of the molecule is O=C1NC(=S)NC1c1nc2ccccc2s1. The van der Waals surface area contributed by atoms with Gasteiger partial charge in [0.25, 0.3) is 5.91 Å². The lowest BCUT2D eigenvalue weighted by molar-refractivity contribution is -0.120. The third kappa shape index (κ3) is 1.46. The molecule has 1 atom stereocenters. The maximum atomic E-state index is 11.6. The lowest BCUT2D eigenvalue weighted by Gasteiger charge is -2.01. The summed E-state index contributed by atoms with van der Waals surface area (Å²) in [6.45, 7) is 0. The van der Waals surface area contributed by atoms with Crippen molar-refractivity contribution >= 4 is 44.8 Å². The highest BCUT2D eigenvalue weighted by Crippen LogP contribution is 2.27. The summed E-state index contributed by atoms with van der Waals surface area (Å²) >= 11 is 6.39. The molecule has 0 radical (unpaired) electrons. The van der Waals surface area contributed by atoms with Crippen LogP contribution < -0.4 is 10.6 Å². The van der Waals surface area contributed by atoms with Crippen molar-refractivity contribution in [2.75, 3.05) is 0 Å². The van der Waals surface area contributed by atoms with Crippen LogP contribution in [0.5, 0.6) is 0 Å². The molecule has 1 amide bonds. The van der Waals surface area contributed by atoms with E-state index in [1.165, 1.54) is 11.3 Å². The number of carbonyl (C=O) groups is 1. The van der Waals surface area contributed by atoms with Crippen LogP contribution in [0.1, 0.15) is 11.0 Å². The normalized spacial score (nSPS) is 19.9. The van der Waals surface area contributed by atoms with Crippen molar-refractivity contribution in [1.29, 1.82) is 0 Å². The number of hydrogen-bond acceptors (Lipinski definition) is 4. The highest BCUT2D eigenvalue weighted by Gasteiger charge is 2.31. The Labute approximate surface area is 101 Å². The number of aromatic nitrogens is 1. The number of thiocarbonyl (C=S) groups is 1. The molecule has 1 aromatic heterocycles. The minimum Gasteiger partial charge on any atom is -0.345 e. The van der Waals surface area contributed by atoms with Crippen molar-refractivity contribution in [1.82, 2.24) is 15.6 Å². The molecular formula is C10H7N3OS2. The Hall–Kier alpha value is -1.53. The first-order valence-electron chi connectivity index (χ1n) is 4.71. The average Bonchev–Trinajstić information content (AvgIpc) is 2.81. The summed E-state index contributed by atoms with van der Waals surface area (Å²) < 4.78 is 1.07. The number of carbonyl (C=O) groups excluding carboxylic acids is 1. The first-order valence-corrected chi connectivity index (χ1v) is 5.93. The Balaban J connectivity index is 2.06. The lowest BCUT2D eigenvalue weighted by atomic mass is 10.3. The molecule has 1 aliphatic rings. The third-order valence-electron chi connectivity index (χ3n) is 2.33. The largest absolute Gasteiger partial charge is 0.345 e. The zero-order chi connectivity index (χ0) is 11.1. The Bertz CT molecular complexity index is 560. The molecule has 1 aromatic carbocycles. The number of thiazole rings is 1. The summed E-state index contributed by atoms with van der Waals surface area (Å²) in [5.41, 5.74) is 0.912. The predicted molar refractivity (Wildman–Crippen MR) is 66.2 cm³/mol. The van der Waals surface area contributed by atoms with Crippen molar-refractivity contribution in [3.8, 4) is 0 Å². The highest BCUT2D eigenvalue weighted by molar-refractivity contribution is 7.80. The van der Waals surface area contributed by atoms with Gasteiger partial charge in [0.1, 0.15) is 5.01 Å². The molecule has 1 aliphatic heterocycles. The first-order chi connectivity index (χ1) is 7.74. The smallest absolute Gasteiger partial charge is 0.255 e. The van der Waals surface area contributed by atoms with Crippen molar-refractivity contribution in [2.45, 2.75) is 6.04 Å². The molecule has 4 nitrogen and oxygen atoms in total. The van der Waals surface area contributed by atoms with E-state index in [2.05, 4.69) is 15.6 Å². The van der Waals surface area contributed by atoms with Crippen molar-refractivity contribution < 1.29 is 4.79 Å². The van der Waals surface area contributed by atoms with Crippen LogP contribution in [-0.2, 0) is 4.79 Å². The summed E-state index contributed by atoms with van der Waals surface area (Å²) in [6, 6.07) is 7.36. The molecule has 80 valence electrons. The van der Waals surface area contributed by atoms with E-state index >= 15 is 0 Å². The minimum atomic E-state index is -0.440. The molecule has 0 bridgehead atoms. The number of fused-ring (bicyclic) bond motifs is 1. The van der Waals surface area contributed by atoms with Crippen molar-refractivity contribution in [2.24, 2.45) is 0 Å². The first kappa shape index (κ1) is 9.68. The summed E-state index contributed by atoms with van der Waals surface area (Å²) in [4.78, 5) is 16.0. The summed E-state index contributed by atoms with van der Waals surface area (Å²) in [5.74, 6) is -0.135. The molecule has 2 N–H and O–H groups in total. The van der Waals surface area contributed by atoms with E-state index in [1.54, 1.807) is 0 Å². The van der Waals surface area contributed by atoms with Crippen LogP contribution in [0.15, 0.2) is 24.3 Å². The third-order valence-corrected chi connectivity index (χ3v) is 3.65. The number of para-hydroxylation sites is 1. The maximum Gasteiger partial charge on any atom is 0.255 e. The van der Waals surface area contributed by atoms with Gasteiger partial charge in [-0.1, -0.05) is 12.1 Å². The van der Waals surface area contributed by atoms with E-state index in [1.807, 2.05) is 24.3 Å².